The van der Waals surface area contributed by atoms with E-state index in [1.54, 1.807) is 49.3 Å². The van der Waals surface area contributed by atoms with Crippen molar-refractivity contribution < 1.29 is 39.3 Å². The number of benzene rings is 3. The molecule has 0 bridgehead atoms. The standard InChI is InChI=1S/C54H87P.C4H4F6O3S/c1-7-13-19-26-34-46-42-48(36-28-21-15-9-3)53(49(43-46)37-29-22-16-10-4)55(52-40-32-25-33-41-52)54-50(38-30-23-17-11-5)44-47(35-27-20-14-8-2)45-51(54)39-31-24-18-12-6;1-2(5,6)3(7,8)4(9,10)14(11,12)13/h25,32-33,40-45H,7-24,26-31,34-39H2,1-6H3;1H3,(H,11,12,13). The first kappa shape index (κ1) is 62.7. The first-order valence-corrected chi connectivity index (χ1v) is 29.9. The van der Waals surface area contributed by atoms with Crippen LogP contribution in [-0.4, -0.2) is 30.1 Å². The summed E-state index contributed by atoms with van der Waals surface area (Å²) in [7, 11) is -7.30. The maximum absolute atomic E-state index is 12.2. The maximum Gasteiger partial charge on any atom is 0.437 e. The van der Waals surface area contributed by atoms with Crippen molar-refractivity contribution in [2.24, 2.45) is 0 Å². The van der Waals surface area contributed by atoms with Crippen LogP contribution in [-0.2, 0) is 48.6 Å². The van der Waals surface area contributed by atoms with Crippen molar-refractivity contribution in [3.63, 3.8) is 0 Å². The van der Waals surface area contributed by atoms with Crippen LogP contribution >= 0.6 is 7.92 Å². The van der Waals surface area contributed by atoms with Crippen LogP contribution in [0.4, 0.5) is 26.3 Å². The van der Waals surface area contributed by atoms with Gasteiger partial charge in [0.25, 0.3) is 0 Å². The number of hydrogen-bond donors (Lipinski definition) is 1. The highest BCUT2D eigenvalue weighted by Crippen LogP contribution is 2.48. The Balaban J connectivity index is 0.00000101. The predicted molar refractivity (Wildman–Crippen MR) is 284 cm³/mol. The minimum atomic E-state index is -6.61. The van der Waals surface area contributed by atoms with Crippen LogP contribution in [0.2, 0.25) is 0 Å². The zero-order valence-corrected chi connectivity index (χ0v) is 45.5. The highest BCUT2D eigenvalue weighted by Gasteiger charge is 2.75. The molecule has 0 amide bonds. The summed E-state index contributed by atoms with van der Waals surface area (Å²) >= 11 is 0. The molecular weight excluding hydrogens is 922 g/mol. The molecule has 0 heterocycles. The van der Waals surface area contributed by atoms with Gasteiger partial charge in [-0.25, -0.2) is 0 Å². The summed E-state index contributed by atoms with van der Waals surface area (Å²) in [4.78, 5) is 0. The Kier molecular flexibility index (Phi) is 30.3. The van der Waals surface area contributed by atoms with E-state index in [2.05, 4.69) is 96.1 Å². The first-order chi connectivity index (χ1) is 32.9. The van der Waals surface area contributed by atoms with Crippen molar-refractivity contribution >= 4 is 34.0 Å². The van der Waals surface area contributed by atoms with E-state index in [1.807, 2.05) is 0 Å². The lowest BCUT2D eigenvalue weighted by molar-refractivity contribution is -0.273. The minimum absolute atomic E-state index is 0.591. The Hall–Kier alpha value is -2.42. The number of alkyl halides is 6. The highest BCUT2D eigenvalue weighted by molar-refractivity contribution is 7.87. The van der Waals surface area contributed by atoms with Crippen LogP contribution < -0.4 is 15.9 Å². The predicted octanol–water partition coefficient (Wildman–Crippen LogP) is 17.9. The largest absolute Gasteiger partial charge is 0.437 e. The molecule has 69 heavy (non-hydrogen) atoms. The van der Waals surface area contributed by atoms with Crippen molar-refractivity contribution in [2.45, 2.75) is 258 Å². The zero-order chi connectivity index (χ0) is 51.4. The number of hydrogen-bond acceptors (Lipinski definition) is 2. The summed E-state index contributed by atoms with van der Waals surface area (Å²) < 4.78 is 99.6. The minimum Gasteiger partial charge on any atom is -0.281 e. The molecule has 1 N–H and O–H groups in total. The molecule has 0 aliphatic carbocycles. The van der Waals surface area contributed by atoms with Gasteiger partial charge in [0, 0.05) is 6.92 Å². The molecule has 0 aromatic heterocycles. The second-order valence-electron chi connectivity index (χ2n) is 19.5. The first-order valence-electron chi connectivity index (χ1n) is 27.1. The molecule has 0 radical (unpaired) electrons. The quantitative estimate of drug-likeness (QED) is 0.0273. The molecular formula is C58H91F6O3PS. The normalized spacial score (nSPS) is 12.4. The van der Waals surface area contributed by atoms with Crippen molar-refractivity contribution in [3.05, 3.63) is 88.0 Å². The van der Waals surface area contributed by atoms with E-state index in [0.29, 0.717) is 0 Å². The van der Waals surface area contributed by atoms with Gasteiger partial charge in [-0.3, -0.25) is 4.55 Å². The van der Waals surface area contributed by atoms with Gasteiger partial charge in [0.05, 0.1) is 0 Å². The fourth-order valence-corrected chi connectivity index (χ4v) is 12.7. The van der Waals surface area contributed by atoms with Crippen molar-refractivity contribution in [1.29, 1.82) is 0 Å². The van der Waals surface area contributed by atoms with Crippen LogP contribution in [0, 0.1) is 0 Å². The molecule has 3 nitrogen and oxygen atoms in total. The van der Waals surface area contributed by atoms with Crippen LogP contribution in [0.1, 0.15) is 236 Å². The molecule has 0 unspecified atom stereocenters. The third-order valence-electron chi connectivity index (χ3n) is 13.2. The molecule has 3 aromatic carbocycles. The van der Waals surface area contributed by atoms with E-state index in [0.717, 1.165) is 0 Å². The van der Waals surface area contributed by atoms with Gasteiger partial charge in [-0.1, -0.05) is 212 Å². The summed E-state index contributed by atoms with van der Waals surface area (Å²) in [6, 6.07) is 23.0. The summed E-state index contributed by atoms with van der Waals surface area (Å²) in [5.41, 5.74) is 10.1. The summed E-state index contributed by atoms with van der Waals surface area (Å²) in [6.07, 6.45) is 39.4. The Morgan fingerprint density at radius 2 is 0.710 bits per heavy atom. The van der Waals surface area contributed by atoms with E-state index < -0.39 is 42.1 Å². The molecule has 0 spiro atoms. The Morgan fingerprint density at radius 3 is 0.942 bits per heavy atom. The van der Waals surface area contributed by atoms with Gasteiger partial charge in [-0.2, -0.15) is 34.8 Å². The lowest BCUT2D eigenvalue weighted by Gasteiger charge is -2.31. The van der Waals surface area contributed by atoms with Gasteiger partial charge in [0.1, 0.15) is 0 Å². The van der Waals surface area contributed by atoms with Gasteiger partial charge in [-0.05, 0) is 134 Å². The molecule has 3 aromatic rings. The van der Waals surface area contributed by atoms with Crippen molar-refractivity contribution in [2.75, 3.05) is 0 Å². The van der Waals surface area contributed by atoms with Gasteiger partial charge in [0.15, 0.2) is 0 Å². The number of halogens is 6. The fourth-order valence-electron chi connectivity index (χ4n) is 9.14. The lowest BCUT2D eigenvalue weighted by atomic mass is 9.94. The van der Waals surface area contributed by atoms with E-state index in [1.165, 1.54) is 193 Å². The molecule has 0 aliphatic heterocycles. The molecule has 0 atom stereocenters. The average molecular weight is 1010 g/mol. The molecule has 11 heteroatoms. The van der Waals surface area contributed by atoms with Crippen LogP contribution in [0.5, 0.6) is 0 Å². The van der Waals surface area contributed by atoms with E-state index in [4.69, 9.17) is 4.55 Å². The smallest absolute Gasteiger partial charge is 0.281 e. The maximum atomic E-state index is 12.2. The highest BCUT2D eigenvalue weighted by atomic mass is 32.2. The number of aryl methyl sites for hydroxylation is 6. The summed E-state index contributed by atoms with van der Waals surface area (Å²) in [5.74, 6) is -11.5. The Bertz CT molecular complexity index is 1800. The van der Waals surface area contributed by atoms with Gasteiger partial charge in [-0.15, -0.1) is 0 Å². The Morgan fingerprint density at radius 1 is 0.435 bits per heavy atom. The molecule has 0 saturated heterocycles. The summed E-state index contributed by atoms with van der Waals surface area (Å²) in [5, 5.41) is -1.12. The molecule has 0 aliphatic rings. The van der Waals surface area contributed by atoms with E-state index in [-0.39, 0.29) is 0 Å². The topological polar surface area (TPSA) is 54.4 Å². The molecule has 3 rings (SSSR count). The third kappa shape index (κ3) is 20.9. The summed E-state index contributed by atoms with van der Waals surface area (Å²) in [6.45, 7) is 13.6. The second kappa shape index (κ2) is 33.3. The zero-order valence-electron chi connectivity index (χ0n) is 43.8. The van der Waals surface area contributed by atoms with Crippen LogP contribution in [0.25, 0.3) is 0 Å². The van der Waals surface area contributed by atoms with Crippen LogP contribution in [0.3, 0.4) is 0 Å². The lowest BCUT2D eigenvalue weighted by Crippen LogP contribution is -2.56. The van der Waals surface area contributed by atoms with E-state index >= 15 is 0 Å². The third-order valence-corrected chi connectivity index (χ3v) is 17.0. The SMILES string of the molecule is CC(F)(F)C(F)(F)C(F)(F)S(=O)(=O)O.CCCCCCc1cc(CCCCCC)c(P(c2ccccc2)c2c(CCCCCC)cc(CCCCCC)cc2CCCCCC)c(CCCCCC)c1. The van der Waals surface area contributed by atoms with Gasteiger partial charge >= 0.3 is 27.2 Å². The van der Waals surface area contributed by atoms with E-state index in [9.17, 15) is 34.8 Å². The molecule has 0 fully saturated rings. The number of rotatable bonds is 36. The van der Waals surface area contributed by atoms with Gasteiger partial charge < -0.3 is 0 Å². The van der Waals surface area contributed by atoms with Crippen molar-refractivity contribution in [3.8, 4) is 0 Å². The molecule has 394 valence electrons. The van der Waals surface area contributed by atoms with Crippen molar-refractivity contribution in [1.82, 2.24) is 0 Å². The Labute approximate surface area is 417 Å². The average Bonchev–Trinajstić information content (AvgIpc) is 3.30. The number of unbranched alkanes of at least 4 members (excludes halogenated alkanes) is 18. The monoisotopic (exact) mass is 1010 g/mol. The van der Waals surface area contributed by atoms with Gasteiger partial charge in [0.2, 0.25) is 0 Å². The fraction of sp³-hybridized carbons (Fsp3) is 0.690. The second-order valence-corrected chi connectivity index (χ2v) is 23.1. The molecule has 0 saturated carbocycles. The van der Waals surface area contributed by atoms with Crippen LogP contribution in [0.15, 0.2) is 54.6 Å².